The van der Waals surface area contributed by atoms with Gasteiger partial charge in [-0.1, -0.05) is 6.08 Å². The third kappa shape index (κ3) is 2.91. The summed E-state index contributed by atoms with van der Waals surface area (Å²) in [5, 5.41) is 0. The van der Waals surface area contributed by atoms with Crippen LogP contribution in [0.1, 0.15) is 12.7 Å². The van der Waals surface area contributed by atoms with Crippen LogP contribution in [0.2, 0.25) is 0 Å². The van der Waals surface area contributed by atoms with Crippen LogP contribution >= 0.6 is 0 Å². The highest BCUT2D eigenvalue weighted by Gasteiger charge is 1.87. The Labute approximate surface area is 66.0 Å². The molecular formula is C8H11N3. The second kappa shape index (κ2) is 3.83. The summed E-state index contributed by atoms with van der Waals surface area (Å²) in [5.41, 5.74) is 5.50. The van der Waals surface area contributed by atoms with Gasteiger partial charge in [0, 0.05) is 18.4 Å². The van der Waals surface area contributed by atoms with Crippen molar-refractivity contribution >= 4 is 6.08 Å². The number of aromatic nitrogens is 2. The molecule has 0 radical (unpaired) electrons. The van der Waals surface area contributed by atoms with Gasteiger partial charge >= 0.3 is 0 Å². The molecule has 0 saturated heterocycles. The number of hydrogen-bond donors (Lipinski definition) is 1. The van der Waals surface area contributed by atoms with Crippen molar-refractivity contribution in [2.75, 3.05) is 0 Å². The van der Waals surface area contributed by atoms with E-state index in [4.69, 9.17) is 5.73 Å². The van der Waals surface area contributed by atoms with Crippen molar-refractivity contribution in [3.8, 4) is 0 Å². The zero-order chi connectivity index (χ0) is 8.10. The van der Waals surface area contributed by atoms with Crippen molar-refractivity contribution in [1.29, 1.82) is 0 Å². The first-order valence-electron chi connectivity index (χ1n) is 3.50. The van der Waals surface area contributed by atoms with E-state index in [-0.39, 0.29) is 6.04 Å². The van der Waals surface area contributed by atoms with E-state index in [1.807, 2.05) is 19.1 Å². The number of rotatable bonds is 2. The average molecular weight is 149 g/mol. The monoisotopic (exact) mass is 149 g/mol. The van der Waals surface area contributed by atoms with Crippen LogP contribution in [-0.2, 0) is 0 Å². The maximum absolute atomic E-state index is 5.50. The number of hydrogen-bond acceptors (Lipinski definition) is 3. The summed E-state index contributed by atoms with van der Waals surface area (Å²) in [6.07, 6.45) is 7.07. The van der Waals surface area contributed by atoms with Gasteiger partial charge in [0.2, 0.25) is 0 Å². The molecule has 0 aliphatic heterocycles. The zero-order valence-corrected chi connectivity index (χ0v) is 6.44. The molecule has 1 unspecified atom stereocenters. The quantitative estimate of drug-likeness (QED) is 0.677. The lowest BCUT2D eigenvalue weighted by atomic mass is 10.3. The molecule has 0 aliphatic rings. The molecule has 1 aromatic rings. The average Bonchev–Trinajstić information content (AvgIpc) is 2.03. The highest BCUT2D eigenvalue weighted by Crippen LogP contribution is 1.91. The fourth-order valence-corrected chi connectivity index (χ4v) is 0.635. The highest BCUT2D eigenvalue weighted by atomic mass is 14.8. The van der Waals surface area contributed by atoms with E-state index in [1.54, 1.807) is 18.5 Å². The molecule has 1 rings (SSSR count). The SMILES string of the molecule is CC(N)/C=C/c1ncccn1. The Kier molecular flexibility index (Phi) is 2.74. The molecule has 0 spiro atoms. The smallest absolute Gasteiger partial charge is 0.151 e. The van der Waals surface area contributed by atoms with E-state index in [0.29, 0.717) is 5.82 Å². The van der Waals surface area contributed by atoms with Crippen LogP contribution in [0.4, 0.5) is 0 Å². The molecule has 0 aromatic carbocycles. The normalized spacial score (nSPS) is 13.6. The lowest BCUT2D eigenvalue weighted by Gasteiger charge is -1.93. The summed E-state index contributed by atoms with van der Waals surface area (Å²) < 4.78 is 0. The summed E-state index contributed by atoms with van der Waals surface area (Å²) in [7, 11) is 0. The Morgan fingerprint density at radius 1 is 1.45 bits per heavy atom. The summed E-state index contributed by atoms with van der Waals surface area (Å²) in [6, 6.07) is 1.84. The van der Waals surface area contributed by atoms with E-state index >= 15 is 0 Å². The standard InChI is InChI=1S/C8H11N3/c1-7(9)3-4-8-10-5-2-6-11-8/h2-7H,9H2,1H3/b4-3+. The molecule has 0 saturated carbocycles. The lowest BCUT2D eigenvalue weighted by molar-refractivity contribution is 0.928. The minimum Gasteiger partial charge on any atom is -0.325 e. The summed E-state index contributed by atoms with van der Waals surface area (Å²) in [4.78, 5) is 7.99. The van der Waals surface area contributed by atoms with Crippen LogP contribution in [0.3, 0.4) is 0 Å². The van der Waals surface area contributed by atoms with Gasteiger partial charge in [-0.05, 0) is 19.1 Å². The maximum Gasteiger partial charge on any atom is 0.151 e. The third-order valence-corrected chi connectivity index (χ3v) is 1.13. The molecule has 0 bridgehead atoms. The molecule has 2 N–H and O–H groups in total. The van der Waals surface area contributed by atoms with Crippen molar-refractivity contribution in [1.82, 2.24) is 9.97 Å². The van der Waals surface area contributed by atoms with Gasteiger partial charge in [0.15, 0.2) is 5.82 Å². The summed E-state index contributed by atoms with van der Waals surface area (Å²) in [6.45, 7) is 1.90. The molecule has 58 valence electrons. The van der Waals surface area contributed by atoms with Crippen molar-refractivity contribution in [3.63, 3.8) is 0 Å². The molecule has 3 heteroatoms. The molecule has 1 heterocycles. The largest absolute Gasteiger partial charge is 0.325 e. The maximum atomic E-state index is 5.50. The van der Waals surface area contributed by atoms with Gasteiger partial charge in [0.1, 0.15) is 0 Å². The second-order valence-corrected chi connectivity index (χ2v) is 2.33. The van der Waals surface area contributed by atoms with Gasteiger partial charge in [0.25, 0.3) is 0 Å². The van der Waals surface area contributed by atoms with E-state index in [2.05, 4.69) is 9.97 Å². The predicted octanol–water partition coefficient (Wildman–Crippen LogP) is 0.837. The van der Waals surface area contributed by atoms with Gasteiger partial charge in [0.05, 0.1) is 0 Å². The second-order valence-electron chi connectivity index (χ2n) is 2.33. The van der Waals surface area contributed by atoms with Crippen LogP contribution in [0.5, 0.6) is 0 Å². The van der Waals surface area contributed by atoms with Crippen molar-refractivity contribution in [2.24, 2.45) is 5.73 Å². The Balaban J connectivity index is 2.65. The summed E-state index contributed by atoms with van der Waals surface area (Å²) in [5.74, 6) is 0.699. The molecule has 1 aromatic heterocycles. The van der Waals surface area contributed by atoms with Crippen molar-refractivity contribution in [2.45, 2.75) is 13.0 Å². The van der Waals surface area contributed by atoms with E-state index in [0.717, 1.165) is 0 Å². The Morgan fingerprint density at radius 3 is 2.64 bits per heavy atom. The van der Waals surface area contributed by atoms with E-state index < -0.39 is 0 Å². The Morgan fingerprint density at radius 2 is 2.09 bits per heavy atom. The molecule has 1 atom stereocenters. The topological polar surface area (TPSA) is 51.8 Å². The molecule has 0 fully saturated rings. The minimum atomic E-state index is 0.0545. The van der Waals surface area contributed by atoms with Crippen LogP contribution < -0.4 is 5.73 Å². The molecule has 0 amide bonds. The fourth-order valence-electron chi connectivity index (χ4n) is 0.635. The lowest BCUT2D eigenvalue weighted by Crippen LogP contribution is -2.10. The first kappa shape index (κ1) is 7.88. The van der Waals surface area contributed by atoms with Crippen molar-refractivity contribution in [3.05, 3.63) is 30.4 Å². The van der Waals surface area contributed by atoms with Gasteiger partial charge in [-0.3, -0.25) is 0 Å². The minimum absolute atomic E-state index is 0.0545. The van der Waals surface area contributed by atoms with Crippen molar-refractivity contribution < 1.29 is 0 Å². The fraction of sp³-hybridized carbons (Fsp3) is 0.250. The van der Waals surface area contributed by atoms with Gasteiger partial charge in [-0.15, -0.1) is 0 Å². The van der Waals surface area contributed by atoms with Crippen LogP contribution in [0.15, 0.2) is 24.5 Å². The van der Waals surface area contributed by atoms with Crippen LogP contribution in [-0.4, -0.2) is 16.0 Å². The van der Waals surface area contributed by atoms with Gasteiger partial charge < -0.3 is 5.73 Å². The first-order chi connectivity index (χ1) is 5.29. The molecule has 3 nitrogen and oxygen atoms in total. The highest BCUT2D eigenvalue weighted by molar-refractivity contribution is 5.39. The Hall–Kier alpha value is -1.22. The predicted molar refractivity (Wildman–Crippen MR) is 44.7 cm³/mol. The van der Waals surface area contributed by atoms with E-state index in [9.17, 15) is 0 Å². The molecular weight excluding hydrogens is 138 g/mol. The summed E-state index contributed by atoms with van der Waals surface area (Å²) >= 11 is 0. The molecule has 0 aliphatic carbocycles. The molecule has 11 heavy (non-hydrogen) atoms. The van der Waals surface area contributed by atoms with Gasteiger partial charge in [-0.25, -0.2) is 9.97 Å². The third-order valence-electron chi connectivity index (χ3n) is 1.13. The number of nitrogens with zero attached hydrogens (tertiary/aromatic N) is 2. The van der Waals surface area contributed by atoms with Crippen LogP contribution in [0, 0.1) is 0 Å². The van der Waals surface area contributed by atoms with E-state index in [1.165, 1.54) is 0 Å². The Bertz CT molecular complexity index is 228. The van der Waals surface area contributed by atoms with Crippen LogP contribution in [0.25, 0.3) is 6.08 Å². The number of nitrogens with two attached hydrogens (primary N) is 1. The zero-order valence-electron chi connectivity index (χ0n) is 6.44. The first-order valence-corrected chi connectivity index (χ1v) is 3.50. The van der Waals surface area contributed by atoms with Gasteiger partial charge in [-0.2, -0.15) is 0 Å².